The van der Waals surface area contributed by atoms with E-state index in [9.17, 15) is 0 Å². The van der Waals surface area contributed by atoms with Gasteiger partial charge in [-0.1, -0.05) is 30.8 Å². The van der Waals surface area contributed by atoms with Crippen LogP contribution in [0, 0.1) is 0 Å². The summed E-state index contributed by atoms with van der Waals surface area (Å²) < 4.78 is 11.0. The third-order valence-corrected chi connectivity index (χ3v) is 5.77. The average molecular weight is 519 g/mol. The van der Waals surface area contributed by atoms with Crippen molar-refractivity contribution in [2.75, 3.05) is 46.4 Å². The van der Waals surface area contributed by atoms with E-state index in [4.69, 9.17) is 9.26 Å². The maximum Gasteiger partial charge on any atom is 0.193 e. The molecule has 1 aliphatic heterocycles. The van der Waals surface area contributed by atoms with E-state index in [1.54, 1.807) is 6.26 Å². The van der Waals surface area contributed by atoms with E-state index in [0.717, 1.165) is 70.4 Å². The molecule has 0 amide bonds. The maximum absolute atomic E-state index is 6.08. The van der Waals surface area contributed by atoms with Crippen LogP contribution in [0.5, 0.6) is 0 Å². The van der Waals surface area contributed by atoms with Crippen LogP contribution in [0.2, 0.25) is 0 Å². The molecule has 0 radical (unpaired) electrons. The summed E-state index contributed by atoms with van der Waals surface area (Å²) in [7, 11) is 1.87. The van der Waals surface area contributed by atoms with Crippen molar-refractivity contribution in [2.24, 2.45) is 4.99 Å². The number of guanidine groups is 1. The number of aromatic nitrogens is 1. The van der Waals surface area contributed by atoms with Gasteiger partial charge in [-0.3, -0.25) is 9.89 Å². The molecule has 0 bridgehead atoms. The summed E-state index contributed by atoms with van der Waals surface area (Å²) in [5.41, 5.74) is 1.00. The standard InChI is InChI=1S/C21H37N5O2.HI/c1-22-21(23-11-6-7-16-27-20-8-4-2-3-5-9-20)26-14-12-25(13-15-26)18-19-10-17-28-24-19;/h10,17,20H,2-9,11-16,18H2,1H3,(H,22,23);1H. The van der Waals surface area contributed by atoms with Gasteiger partial charge in [0.05, 0.1) is 11.8 Å². The van der Waals surface area contributed by atoms with Crippen molar-refractivity contribution in [2.45, 2.75) is 64.0 Å². The number of aliphatic imine (C=N–C) groups is 1. The monoisotopic (exact) mass is 519 g/mol. The fourth-order valence-electron chi connectivity index (χ4n) is 4.08. The molecular formula is C21H38IN5O2. The molecule has 3 rings (SSSR count). The quantitative estimate of drug-likeness (QED) is 0.187. The molecule has 2 aliphatic rings. The number of nitrogens with zero attached hydrogens (tertiary/aromatic N) is 4. The average Bonchev–Trinajstić information content (AvgIpc) is 3.09. The molecular weight excluding hydrogens is 481 g/mol. The van der Waals surface area contributed by atoms with Crippen molar-refractivity contribution in [1.82, 2.24) is 20.3 Å². The highest BCUT2D eigenvalue weighted by molar-refractivity contribution is 14.0. The zero-order valence-electron chi connectivity index (χ0n) is 17.9. The van der Waals surface area contributed by atoms with Gasteiger partial charge in [-0.25, -0.2) is 0 Å². The van der Waals surface area contributed by atoms with E-state index in [-0.39, 0.29) is 24.0 Å². The van der Waals surface area contributed by atoms with Crippen LogP contribution in [-0.2, 0) is 11.3 Å². The lowest BCUT2D eigenvalue weighted by atomic mass is 10.1. The zero-order valence-corrected chi connectivity index (χ0v) is 20.2. The third-order valence-electron chi connectivity index (χ3n) is 5.77. The Kier molecular flexibility index (Phi) is 11.9. The van der Waals surface area contributed by atoms with Crippen molar-refractivity contribution >= 4 is 29.9 Å². The van der Waals surface area contributed by atoms with E-state index in [2.05, 4.69) is 25.3 Å². The molecule has 1 aromatic rings. The van der Waals surface area contributed by atoms with Crippen LogP contribution in [-0.4, -0.2) is 73.4 Å². The summed E-state index contributed by atoms with van der Waals surface area (Å²) in [5, 5.41) is 7.53. The van der Waals surface area contributed by atoms with Crippen LogP contribution >= 0.6 is 24.0 Å². The van der Waals surface area contributed by atoms with Gasteiger partial charge in [0, 0.05) is 59.0 Å². The fraction of sp³-hybridized carbons (Fsp3) is 0.810. The van der Waals surface area contributed by atoms with Crippen molar-refractivity contribution in [3.8, 4) is 0 Å². The van der Waals surface area contributed by atoms with Crippen LogP contribution < -0.4 is 5.32 Å². The van der Waals surface area contributed by atoms with Gasteiger partial charge in [0.1, 0.15) is 6.26 Å². The molecule has 0 spiro atoms. The van der Waals surface area contributed by atoms with Gasteiger partial charge in [0.15, 0.2) is 5.96 Å². The largest absolute Gasteiger partial charge is 0.378 e. The van der Waals surface area contributed by atoms with Crippen molar-refractivity contribution in [1.29, 1.82) is 0 Å². The first-order chi connectivity index (χ1) is 13.8. The number of halogens is 1. The molecule has 0 unspecified atom stereocenters. The fourth-order valence-corrected chi connectivity index (χ4v) is 4.08. The molecule has 1 aromatic heterocycles. The highest BCUT2D eigenvalue weighted by Crippen LogP contribution is 2.19. The van der Waals surface area contributed by atoms with Crippen molar-refractivity contribution in [3.05, 3.63) is 18.0 Å². The first-order valence-corrected chi connectivity index (χ1v) is 11.0. The Morgan fingerprint density at radius 3 is 2.59 bits per heavy atom. The Morgan fingerprint density at radius 2 is 1.93 bits per heavy atom. The smallest absolute Gasteiger partial charge is 0.193 e. The Labute approximate surface area is 192 Å². The van der Waals surface area contributed by atoms with E-state index < -0.39 is 0 Å². The van der Waals surface area contributed by atoms with Gasteiger partial charge < -0.3 is 19.5 Å². The second-order valence-corrected chi connectivity index (χ2v) is 7.92. The van der Waals surface area contributed by atoms with Crippen LogP contribution in [0.1, 0.15) is 57.1 Å². The molecule has 8 heteroatoms. The van der Waals surface area contributed by atoms with Gasteiger partial charge in [-0.05, 0) is 25.7 Å². The molecule has 29 heavy (non-hydrogen) atoms. The summed E-state index contributed by atoms with van der Waals surface area (Å²) in [5.74, 6) is 1.02. The normalized spacial score (nSPS) is 19.6. The first kappa shape index (κ1) is 24.4. The van der Waals surface area contributed by atoms with Crippen LogP contribution in [0.25, 0.3) is 0 Å². The molecule has 1 N–H and O–H groups in total. The Hall–Kier alpha value is -0.870. The zero-order chi connectivity index (χ0) is 19.4. The predicted molar refractivity (Wildman–Crippen MR) is 127 cm³/mol. The van der Waals surface area contributed by atoms with E-state index in [1.165, 1.54) is 38.5 Å². The summed E-state index contributed by atoms with van der Waals surface area (Å²) in [6, 6.07) is 1.94. The molecule has 2 heterocycles. The Bertz CT molecular complexity index is 553. The number of piperazine rings is 1. The number of rotatable bonds is 8. The molecule has 7 nitrogen and oxygen atoms in total. The van der Waals surface area contributed by atoms with Crippen molar-refractivity contribution in [3.63, 3.8) is 0 Å². The SMILES string of the molecule is CN=C(NCCCCOC1CCCCCC1)N1CCN(Cc2ccon2)CC1.I. The summed E-state index contributed by atoms with van der Waals surface area (Å²) in [6.07, 6.45) is 12.4. The van der Waals surface area contributed by atoms with E-state index in [1.807, 2.05) is 13.1 Å². The molecule has 1 saturated carbocycles. The lowest BCUT2D eigenvalue weighted by Gasteiger charge is -2.36. The van der Waals surface area contributed by atoms with Gasteiger partial charge in [-0.2, -0.15) is 0 Å². The minimum absolute atomic E-state index is 0. The van der Waals surface area contributed by atoms with Crippen molar-refractivity contribution < 1.29 is 9.26 Å². The maximum atomic E-state index is 6.08. The number of hydrogen-bond donors (Lipinski definition) is 1. The highest BCUT2D eigenvalue weighted by atomic mass is 127. The second-order valence-electron chi connectivity index (χ2n) is 7.92. The van der Waals surface area contributed by atoms with E-state index >= 15 is 0 Å². The van der Waals surface area contributed by atoms with Gasteiger partial charge in [0.2, 0.25) is 0 Å². The predicted octanol–water partition coefficient (Wildman–Crippen LogP) is 3.51. The van der Waals surface area contributed by atoms with Crippen LogP contribution in [0.15, 0.2) is 21.8 Å². The third kappa shape index (κ3) is 8.80. The summed E-state index contributed by atoms with van der Waals surface area (Å²) >= 11 is 0. The molecule has 2 fully saturated rings. The Balaban J connectivity index is 0.00000300. The van der Waals surface area contributed by atoms with E-state index in [0.29, 0.717) is 6.10 Å². The number of nitrogens with one attached hydrogen (secondary N) is 1. The number of unbranched alkanes of at least 4 members (excludes halogenated alkanes) is 1. The topological polar surface area (TPSA) is 66.1 Å². The lowest BCUT2D eigenvalue weighted by Crippen LogP contribution is -2.52. The van der Waals surface area contributed by atoms with Gasteiger partial charge in [0.25, 0.3) is 0 Å². The molecule has 0 aromatic carbocycles. The second kappa shape index (κ2) is 14.2. The summed E-state index contributed by atoms with van der Waals surface area (Å²) in [6.45, 7) is 6.72. The van der Waals surface area contributed by atoms with Crippen LogP contribution in [0.4, 0.5) is 0 Å². The summed E-state index contributed by atoms with van der Waals surface area (Å²) in [4.78, 5) is 9.23. The number of ether oxygens (including phenoxy) is 1. The first-order valence-electron chi connectivity index (χ1n) is 11.0. The van der Waals surface area contributed by atoms with Gasteiger partial charge in [-0.15, -0.1) is 24.0 Å². The van der Waals surface area contributed by atoms with Crippen LogP contribution in [0.3, 0.4) is 0 Å². The number of hydrogen-bond acceptors (Lipinski definition) is 5. The minimum Gasteiger partial charge on any atom is -0.378 e. The highest BCUT2D eigenvalue weighted by Gasteiger charge is 2.20. The van der Waals surface area contributed by atoms with Gasteiger partial charge >= 0.3 is 0 Å². The minimum atomic E-state index is 0. The molecule has 1 aliphatic carbocycles. The molecule has 1 saturated heterocycles. The molecule has 166 valence electrons. The lowest BCUT2D eigenvalue weighted by molar-refractivity contribution is 0.0411. The Morgan fingerprint density at radius 1 is 1.17 bits per heavy atom. The molecule has 0 atom stereocenters.